The average molecular weight is 273 g/mol. The second-order valence-electron chi connectivity index (χ2n) is 4.35. The van der Waals surface area contributed by atoms with Gasteiger partial charge < -0.3 is 15.7 Å². The van der Waals surface area contributed by atoms with Crippen LogP contribution in [-0.4, -0.2) is 57.7 Å². The first-order valence-corrected chi connectivity index (χ1v) is 6.74. The van der Waals surface area contributed by atoms with E-state index in [0.717, 1.165) is 0 Å². The van der Waals surface area contributed by atoms with E-state index >= 15 is 0 Å². The molecule has 100 valence electrons. The SMILES string of the molecule is CC1SCC(C(=O)O)N1C(=O)NC1CNC(=O)C1. The van der Waals surface area contributed by atoms with E-state index in [2.05, 4.69) is 10.6 Å². The van der Waals surface area contributed by atoms with Crippen molar-refractivity contribution in [3.05, 3.63) is 0 Å². The quantitative estimate of drug-likeness (QED) is 0.626. The van der Waals surface area contributed by atoms with E-state index < -0.39 is 18.0 Å². The lowest BCUT2D eigenvalue weighted by Gasteiger charge is -2.26. The number of aliphatic carboxylic acids is 1. The summed E-state index contributed by atoms with van der Waals surface area (Å²) in [4.78, 5) is 35.4. The van der Waals surface area contributed by atoms with Gasteiger partial charge in [0.25, 0.3) is 0 Å². The maximum absolute atomic E-state index is 12.0. The molecule has 2 aliphatic heterocycles. The van der Waals surface area contributed by atoms with Crippen LogP contribution in [0.2, 0.25) is 0 Å². The van der Waals surface area contributed by atoms with E-state index in [1.165, 1.54) is 16.7 Å². The number of nitrogens with one attached hydrogen (secondary N) is 2. The Kier molecular flexibility index (Phi) is 3.65. The molecule has 2 aliphatic rings. The zero-order valence-electron chi connectivity index (χ0n) is 9.88. The van der Waals surface area contributed by atoms with Gasteiger partial charge in [-0.2, -0.15) is 0 Å². The molecule has 0 aromatic carbocycles. The first-order valence-electron chi connectivity index (χ1n) is 5.69. The fourth-order valence-corrected chi connectivity index (χ4v) is 3.26. The third-order valence-corrected chi connectivity index (χ3v) is 4.27. The van der Waals surface area contributed by atoms with Gasteiger partial charge in [0.15, 0.2) is 0 Å². The number of carboxylic acids is 1. The molecule has 2 saturated heterocycles. The molecular formula is C10H15N3O4S. The van der Waals surface area contributed by atoms with Crippen LogP contribution in [0.25, 0.3) is 0 Å². The molecule has 3 atom stereocenters. The minimum absolute atomic E-state index is 0.0982. The van der Waals surface area contributed by atoms with Crippen LogP contribution < -0.4 is 10.6 Å². The molecule has 3 unspecified atom stereocenters. The van der Waals surface area contributed by atoms with Gasteiger partial charge in [0, 0.05) is 18.7 Å². The van der Waals surface area contributed by atoms with Gasteiger partial charge in [-0.05, 0) is 6.92 Å². The van der Waals surface area contributed by atoms with Crippen molar-refractivity contribution < 1.29 is 19.5 Å². The van der Waals surface area contributed by atoms with Crippen LogP contribution in [0, 0.1) is 0 Å². The van der Waals surface area contributed by atoms with Crippen molar-refractivity contribution in [3.8, 4) is 0 Å². The average Bonchev–Trinajstić information content (AvgIpc) is 2.85. The third kappa shape index (κ3) is 2.53. The molecule has 3 amide bonds. The van der Waals surface area contributed by atoms with Crippen molar-refractivity contribution in [2.75, 3.05) is 12.3 Å². The first-order chi connectivity index (χ1) is 8.49. The molecule has 0 saturated carbocycles. The number of carbonyl (C=O) groups is 3. The van der Waals surface area contributed by atoms with Gasteiger partial charge in [-0.3, -0.25) is 9.69 Å². The number of amides is 3. The number of hydrogen-bond donors (Lipinski definition) is 3. The highest BCUT2D eigenvalue weighted by molar-refractivity contribution is 8.00. The number of urea groups is 1. The van der Waals surface area contributed by atoms with Gasteiger partial charge in [0.1, 0.15) is 6.04 Å². The van der Waals surface area contributed by atoms with Crippen LogP contribution in [0.4, 0.5) is 4.79 Å². The van der Waals surface area contributed by atoms with E-state index in [-0.39, 0.29) is 23.7 Å². The Labute approximate surface area is 108 Å². The third-order valence-electron chi connectivity index (χ3n) is 3.05. The van der Waals surface area contributed by atoms with E-state index in [0.29, 0.717) is 12.3 Å². The summed E-state index contributed by atoms with van der Waals surface area (Å²) in [6.45, 7) is 2.20. The normalized spacial score (nSPS) is 31.3. The largest absolute Gasteiger partial charge is 0.480 e. The van der Waals surface area contributed by atoms with E-state index in [1.807, 2.05) is 0 Å². The van der Waals surface area contributed by atoms with Crippen LogP contribution in [0.3, 0.4) is 0 Å². The summed E-state index contributed by atoms with van der Waals surface area (Å²) in [5, 5.41) is 14.2. The van der Waals surface area contributed by atoms with Gasteiger partial charge in [0.2, 0.25) is 5.91 Å². The molecule has 0 bridgehead atoms. The summed E-state index contributed by atoms with van der Waals surface area (Å²) in [7, 11) is 0. The molecule has 0 aromatic rings. The fourth-order valence-electron chi connectivity index (χ4n) is 2.10. The van der Waals surface area contributed by atoms with Crippen molar-refractivity contribution in [1.29, 1.82) is 0 Å². The number of rotatable bonds is 2. The van der Waals surface area contributed by atoms with Gasteiger partial charge in [-0.25, -0.2) is 9.59 Å². The van der Waals surface area contributed by atoms with E-state index in [1.54, 1.807) is 6.92 Å². The molecule has 2 rings (SSSR count). The first kappa shape index (κ1) is 13.0. The summed E-state index contributed by atoms with van der Waals surface area (Å²) < 4.78 is 0. The Morgan fingerprint density at radius 3 is 2.83 bits per heavy atom. The second-order valence-corrected chi connectivity index (χ2v) is 5.70. The lowest BCUT2D eigenvalue weighted by Crippen LogP contribution is -2.52. The lowest BCUT2D eigenvalue weighted by atomic mass is 10.2. The molecule has 2 heterocycles. The highest BCUT2D eigenvalue weighted by atomic mass is 32.2. The Bertz CT molecular complexity index is 389. The van der Waals surface area contributed by atoms with Crippen molar-refractivity contribution in [2.45, 2.75) is 30.8 Å². The highest BCUT2D eigenvalue weighted by Crippen LogP contribution is 2.28. The molecule has 8 heteroatoms. The van der Waals surface area contributed by atoms with Crippen LogP contribution in [0.15, 0.2) is 0 Å². The minimum Gasteiger partial charge on any atom is -0.480 e. The van der Waals surface area contributed by atoms with Gasteiger partial charge >= 0.3 is 12.0 Å². The van der Waals surface area contributed by atoms with Crippen LogP contribution in [-0.2, 0) is 9.59 Å². The highest BCUT2D eigenvalue weighted by Gasteiger charge is 2.40. The molecule has 7 nitrogen and oxygen atoms in total. The predicted octanol–water partition coefficient (Wildman–Crippen LogP) is -0.567. The van der Waals surface area contributed by atoms with Gasteiger partial charge in [-0.15, -0.1) is 11.8 Å². The van der Waals surface area contributed by atoms with Crippen molar-refractivity contribution in [2.24, 2.45) is 0 Å². The molecule has 18 heavy (non-hydrogen) atoms. The summed E-state index contributed by atoms with van der Waals surface area (Å²) in [6.07, 6.45) is 0.249. The molecule has 2 fully saturated rings. The number of carbonyl (C=O) groups excluding carboxylic acids is 2. The summed E-state index contributed by atoms with van der Waals surface area (Å²) >= 11 is 1.43. The molecule has 0 aliphatic carbocycles. The van der Waals surface area contributed by atoms with Gasteiger partial charge in [0.05, 0.1) is 11.4 Å². The van der Waals surface area contributed by atoms with Crippen molar-refractivity contribution in [3.63, 3.8) is 0 Å². The smallest absolute Gasteiger partial charge is 0.327 e. The Balaban J connectivity index is 1.98. The molecule has 0 aromatic heterocycles. The monoisotopic (exact) mass is 273 g/mol. The second kappa shape index (κ2) is 5.05. The fraction of sp³-hybridized carbons (Fsp3) is 0.700. The van der Waals surface area contributed by atoms with E-state index in [9.17, 15) is 14.4 Å². The minimum atomic E-state index is -0.998. The Morgan fingerprint density at radius 1 is 1.56 bits per heavy atom. The van der Waals surface area contributed by atoms with Crippen LogP contribution in [0.1, 0.15) is 13.3 Å². The van der Waals surface area contributed by atoms with Gasteiger partial charge in [-0.1, -0.05) is 0 Å². The molecular weight excluding hydrogens is 258 g/mol. The number of carboxylic acid groups (broad SMARTS) is 1. The Hall–Kier alpha value is -1.44. The topological polar surface area (TPSA) is 98.7 Å². The summed E-state index contributed by atoms with van der Waals surface area (Å²) in [6, 6.07) is -1.46. The Morgan fingerprint density at radius 2 is 2.28 bits per heavy atom. The van der Waals surface area contributed by atoms with Crippen LogP contribution in [0.5, 0.6) is 0 Å². The zero-order valence-corrected chi connectivity index (χ0v) is 10.7. The molecule has 0 radical (unpaired) electrons. The molecule has 3 N–H and O–H groups in total. The zero-order chi connectivity index (χ0) is 13.3. The lowest BCUT2D eigenvalue weighted by molar-refractivity contribution is -0.141. The summed E-state index contributed by atoms with van der Waals surface area (Å²) in [5.74, 6) is -0.701. The maximum Gasteiger partial charge on any atom is 0.327 e. The maximum atomic E-state index is 12.0. The van der Waals surface area contributed by atoms with Crippen molar-refractivity contribution in [1.82, 2.24) is 15.5 Å². The standard InChI is InChI=1S/C10H15N3O4S/c1-5-13(7(4-18-5)9(15)16)10(17)12-6-2-8(14)11-3-6/h5-7H,2-4H2,1H3,(H,11,14)(H,12,17)(H,15,16). The van der Waals surface area contributed by atoms with Crippen LogP contribution >= 0.6 is 11.8 Å². The summed E-state index contributed by atoms with van der Waals surface area (Å²) in [5.41, 5.74) is 0. The number of hydrogen-bond acceptors (Lipinski definition) is 4. The predicted molar refractivity (Wildman–Crippen MR) is 65.1 cm³/mol. The number of thioether (sulfide) groups is 1. The number of nitrogens with zero attached hydrogens (tertiary/aromatic N) is 1. The van der Waals surface area contributed by atoms with E-state index in [4.69, 9.17) is 5.11 Å². The van der Waals surface area contributed by atoms with Crippen molar-refractivity contribution >= 4 is 29.7 Å². The molecule has 0 spiro atoms.